The van der Waals surface area contributed by atoms with Crippen LogP contribution in [0.3, 0.4) is 0 Å². The van der Waals surface area contributed by atoms with Crippen molar-refractivity contribution in [1.82, 2.24) is 14.5 Å². The molecule has 0 radical (unpaired) electrons. The van der Waals surface area contributed by atoms with Gasteiger partial charge in [0.15, 0.2) is 0 Å². The van der Waals surface area contributed by atoms with E-state index in [-0.39, 0.29) is 0 Å². The number of imidazole rings is 1. The number of hydrogen-bond donors (Lipinski definition) is 1. The van der Waals surface area contributed by atoms with Crippen LogP contribution in [0.5, 0.6) is 0 Å². The van der Waals surface area contributed by atoms with Crippen molar-refractivity contribution in [3.8, 4) is 5.69 Å². The third kappa shape index (κ3) is 3.34. The van der Waals surface area contributed by atoms with Crippen molar-refractivity contribution in [3.05, 3.63) is 48.5 Å². The highest BCUT2D eigenvalue weighted by atomic mass is 15.1. The van der Waals surface area contributed by atoms with Crippen molar-refractivity contribution in [2.45, 2.75) is 19.9 Å². The Kier molecular flexibility index (Phi) is 4.36. The molecule has 4 heteroatoms. The standard InChI is InChI=1S/C17H24N4/c1-14-6-8-20(12-16(14)10-18)11-15-2-4-17(5-3-15)21-9-7-19-13-21/h2-5,7,9,13-14,16H,6,8,10-12,18H2,1H3. The molecule has 1 aliphatic rings. The molecule has 2 aromatic rings. The molecule has 0 amide bonds. The zero-order valence-corrected chi connectivity index (χ0v) is 12.7. The second kappa shape index (κ2) is 6.41. The topological polar surface area (TPSA) is 47.1 Å². The molecule has 1 saturated heterocycles. The number of rotatable bonds is 4. The largest absolute Gasteiger partial charge is 0.330 e. The molecule has 2 N–H and O–H groups in total. The minimum Gasteiger partial charge on any atom is -0.330 e. The van der Waals surface area contributed by atoms with Crippen LogP contribution in [-0.2, 0) is 6.54 Å². The Morgan fingerprint density at radius 1 is 1.29 bits per heavy atom. The van der Waals surface area contributed by atoms with E-state index in [1.807, 2.05) is 17.1 Å². The fraction of sp³-hybridized carbons (Fsp3) is 0.471. The fourth-order valence-electron chi connectivity index (χ4n) is 3.12. The van der Waals surface area contributed by atoms with Crippen LogP contribution in [0, 0.1) is 11.8 Å². The highest BCUT2D eigenvalue weighted by Crippen LogP contribution is 2.23. The average Bonchev–Trinajstić information content (AvgIpc) is 3.04. The van der Waals surface area contributed by atoms with Crippen LogP contribution >= 0.6 is 0 Å². The molecule has 0 aliphatic carbocycles. The van der Waals surface area contributed by atoms with E-state index in [0.717, 1.165) is 31.2 Å². The van der Waals surface area contributed by atoms with E-state index in [1.54, 1.807) is 6.20 Å². The summed E-state index contributed by atoms with van der Waals surface area (Å²) in [6.07, 6.45) is 6.85. The highest BCUT2D eigenvalue weighted by molar-refractivity contribution is 5.34. The van der Waals surface area contributed by atoms with Crippen LogP contribution in [0.2, 0.25) is 0 Å². The van der Waals surface area contributed by atoms with Crippen LogP contribution in [0.25, 0.3) is 5.69 Å². The summed E-state index contributed by atoms with van der Waals surface area (Å²) in [5.41, 5.74) is 8.41. The first-order valence-corrected chi connectivity index (χ1v) is 7.76. The SMILES string of the molecule is CC1CCN(Cc2ccc(-n3ccnc3)cc2)CC1CN. The molecule has 21 heavy (non-hydrogen) atoms. The normalized spacial score (nSPS) is 23.3. The maximum absolute atomic E-state index is 5.89. The van der Waals surface area contributed by atoms with Gasteiger partial charge in [0.1, 0.15) is 0 Å². The van der Waals surface area contributed by atoms with E-state index < -0.39 is 0 Å². The molecule has 1 fully saturated rings. The third-order valence-corrected chi connectivity index (χ3v) is 4.65. The van der Waals surface area contributed by atoms with Gasteiger partial charge in [0, 0.05) is 31.2 Å². The van der Waals surface area contributed by atoms with Crippen molar-refractivity contribution < 1.29 is 0 Å². The molecule has 0 spiro atoms. The summed E-state index contributed by atoms with van der Waals surface area (Å²) in [5.74, 6) is 1.40. The summed E-state index contributed by atoms with van der Waals surface area (Å²) >= 11 is 0. The minimum absolute atomic E-state index is 0.643. The lowest BCUT2D eigenvalue weighted by Gasteiger charge is -2.36. The van der Waals surface area contributed by atoms with Gasteiger partial charge in [0.2, 0.25) is 0 Å². The van der Waals surface area contributed by atoms with E-state index >= 15 is 0 Å². The first-order chi connectivity index (χ1) is 10.3. The first kappa shape index (κ1) is 14.3. The van der Waals surface area contributed by atoms with Crippen LogP contribution < -0.4 is 5.73 Å². The van der Waals surface area contributed by atoms with Gasteiger partial charge >= 0.3 is 0 Å². The predicted molar refractivity (Wildman–Crippen MR) is 85.2 cm³/mol. The maximum atomic E-state index is 5.89. The summed E-state index contributed by atoms with van der Waals surface area (Å²) in [6.45, 7) is 6.46. The van der Waals surface area contributed by atoms with Crippen molar-refractivity contribution in [2.75, 3.05) is 19.6 Å². The molecule has 4 nitrogen and oxygen atoms in total. The summed E-state index contributed by atoms with van der Waals surface area (Å²) in [7, 11) is 0. The number of nitrogens with zero attached hydrogens (tertiary/aromatic N) is 3. The van der Waals surface area contributed by atoms with Gasteiger partial charge in [-0.3, -0.25) is 4.90 Å². The Morgan fingerprint density at radius 3 is 2.76 bits per heavy atom. The number of piperidine rings is 1. The Bertz CT molecular complexity index is 547. The zero-order chi connectivity index (χ0) is 14.7. The summed E-state index contributed by atoms with van der Waals surface area (Å²) in [5, 5.41) is 0. The van der Waals surface area contributed by atoms with Crippen LogP contribution in [0.4, 0.5) is 0 Å². The second-order valence-corrected chi connectivity index (χ2v) is 6.13. The lowest BCUT2D eigenvalue weighted by atomic mass is 9.87. The number of hydrogen-bond acceptors (Lipinski definition) is 3. The van der Waals surface area contributed by atoms with Gasteiger partial charge < -0.3 is 10.3 Å². The van der Waals surface area contributed by atoms with Gasteiger partial charge in [0.05, 0.1) is 6.33 Å². The van der Waals surface area contributed by atoms with E-state index in [1.165, 1.54) is 18.5 Å². The second-order valence-electron chi connectivity index (χ2n) is 6.13. The van der Waals surface area contributed by atoms with E-state index in [2.05, 4.69) is 41.1 Å². The average molecular weight is 284 g/mol. The molecule has 1 aliphatic heterocycles. The molecule has 2 heterocycles. The maximum Gasteiger partial charge on any atom is 0.0991 e. The number of benzene rings is 1. The van der Waals surface area contributed by atoms with Gasteiger partial charge in [-0.25, -0.2) is 4.98 Å². The van der Waals surface area contributed by atoms with E-state index in [4.69, 9.17) is 5.73 Å². The third-order valence-electron chi connectivity index (χ3n) is 4.65. The molecule has 2 unspecified atom stereocenters. The molecular weight excluding hydrogens is 260 g/mol. The van der Waals surface area contributed by atoms with Gasteiger partial charge in [0.25, 0.3) is 0 Å². The van der Waals surface area contributed by atoms with Crippen LogP contribution in [0.15, 0.2) is 43.0 Å². The van der Waals surface area contributed by atoms with Crippen molar-refractivity contribution in [1.29, 1.82) is 0 Å². The quantitative estimate of drug-likeness (QED) is 0.937. The van der Waals surface area contributed by atoms with Crippen molar-refractivity contribution in [3.63, 3.8) is 0 Å². The van der Waals surface area contributed by atoms with E-state index in [0.29, 0.717) is 5.92 Å². The van der Waals surface area contributed by atoms with Crippen LogP contribution in [-0.4, -0.2) is 34.1 Å². The molecule has 1 aromatic heterocycles. The Labute approximate surface area is 126 Å². The molecule has 3 rings (SSSR count). The molecule has 1 aromatic carbocycles. The summed E-state index contributed by atoms with van der Waals surface area (Å²) in [4.78, 5) is 6.61. The summed E-state index contributed by atoms with van der Waals surface area (Å²) in [6, 6.07) is 8.74. The molecule has 0 saturated carbocycles. The smallest absolute Gasteiger partial charge is 0.0991 e. The monoisotopic (exact) mass is 284 g/mol. The van der Waals surface area contributed by atoms with Gasteiger partial charge in [-0.1, -0.05) is 19.1 Å². The van der Waals surface area contributed by atoms with Gasteiger partial charge in [-0.15, -0.1) is 0 Å². The molecule has 112 valence electrons. The fourth-order valence-corrected chi connectivity index (χ4v) is 3.12. The Morgan fingerprint density at radius 2 is 2.10 bits per heavy atom. The minimum atomic E-state index is 0.643. The number of nitrogens with two attached hydrogens (primary N) is 1. The number of aromatic nitrogens is 2. The molecule has 2 atom stereocenters. The predicted octanol–water partition coefficient (Wildman–Crippen LogP) is 2.29. The van der Waals surface area contributed by atoms with E-state index in [9.17, 15) is 0 Å². The van der Waals surface area contributed by atoms with Crippen molar-refractivity contribution >= 4 is 0 Å². The lowest BCUT2D eigenvalue weighted by Crippen LogP contribution is -2.42. The van der Waals surface area contributed by atoms with Gasteiger partial charge in [-0.05, 0) is 49.0 Å². The zero-order valence-electron chi connectivity index (χ0n) is 12.7. The Hall–Kier alpha value is -1.65. The Balaban J connectivity index is 1.63. The van der Waals surface area contributed by atoms with Crippen molar-refractivity contribution in [2.24, 2.45) is 17.6 Å². The van der Waals surface area contributed by atoms with Gasteiger partial charge in [-0.2, -0.15) is 0 Å². The van der Waals surface area contributed by atoms with Crippen LogP contribution in [0.1, 0.15) is 18.9 Å². The molecular formula is C17H24N4. The number of likely N-dealkylation sites (tertiary alicyclic amines) is 1. The lowest BCUT2D eigenvalue weighted by molar-refractivity contribution is 0.126. The first-order valence-electron chi connectivity index (χ1n) is 7.76. The highest BCUT2D eigenvalue weighted by Gasteiger charge is 2.24. The summed E-state index contributed by atoms with van der Waals surface area (Å²) < 4.78 is 2.02. The molecule has 0 bridgehead atoms.